The first kappa shape index (κ1) is 85.6. The van der Waals surface area contributed by atoms with E-state index in [4.69, 9.17) is 32.9 Å². The maximum atomic E-state index is 14.4. The molecule has 16 aromatic heterocycles. The zero-order valence-corrected chi connectivity index (χ0v) is 74.8. The maximum Gasteiger partial charge on any atom is 0.167 e. The normalized spacial score (nSPS) is 20.4. The molecular formula is C103H95FN18O13. The second-order valence-corrected chi connectivity index (χ2v) is 36.7. The van der Waals surface area contributed by atoms with Gasteiger partial charge in [-0.15, -0.1) is 10.2 Å². The Kier molecular flexibility index (Phi) is 21.2. The molecule has 0 bridgehead atoms. The van der Waals surface area contributed by atoms with Gasteiger partial charge in [-0.25, -0.2) is 19.3 Å². The highest BCUT2D eigenvalue weighted by molar-refractivity contribution is 5.87. The lowest BCUT2D eigenvalue weighted by molar-refractivity contribution is -0.0827. The van der Waals surface area contributed by atoms with Crippen LogP contribution in [0.25, 0.3) is 111 Å². The lowest BCUT2D eigenvalue weighted by Crippen LogP contribution is -2.30. The summed E-state index contributed by atoms with van der Waals surface area (Å²) in [6.45, 7) is 13.4. The molecule has 0 radical (unpaired) electrons. The molecule has 6 unspecified atom stereocenters. The van der Waals surface area contributed by atoms with Crippen LogP contribution in [0.2, 0.25) is 0 Å². The number of ether oxygens (including phenoxy) is 6. The average Bonchev–Trinajstić information content (AvgIpc) is 1.60. The molecule has 32 heteroatoms. The summed E-state index contributed by atoms with van der Waals surface area (Å²) in [5.74, 6) is 3.37. The van der Waals surface area contributed by atoms with E-state index < -0.39 is 42.2 Å². The fourth-order valence-electron chi connectivity index (χ4n) is 19.8. The Hall–Kier alpha value is -13.6. The number of pyridine rings is 10. The van der Waals surface area contributed by atoms with Gasteiger partial charge in [-0.1, -0.05) is 29.4 Å². The molecule has 2 aromatic carbocycles. The summed E-state index contributed by atoms with van der Waals surface area (Å²) in [6.07, 6.45) is 40.4. The van der Waals surface area contributed by atoms with Crippen molar-refractivity contribution in [3.63, 3.8) is 0 Å². The van der Waals surface area contributed by atoms with E-state index >= 15 is 0 Å². The van der Waals surface area contributed by atoms with Gasteiger partial charge in [0.2, 0.25) is 0 Å². The van der Waals surface area contributed by atoms with Gasteiger partial charge in [-0.3, -0.25) is 39.0 Å². The van der Waals surface area contributed by atoms with Crippen LogP contribution in [-0.4, -0.2) is 154 Å². The van der Waals surface area contributed by atoms with E-state index in [1.807, 2.05) is 137 Å². The molecule has 0 saturated heterocycles. The minimum absolute atomic E-state index is 0.316. The van der Waals surface area contributed by atoms with E-state index in [-0.39, 0.29) is 22.6 Å². The average molecular weight is 1810 g/mol. The van der Waals surface area contributed by atoms with Crippen molar-refractivity contribution in [3.8, 4) is 66.8 Å². The number of hydrogen-bond donors (Lipinski definition) is 6. The monoisotopic (exact) mass is 1810 g/mol. The lowest BCUT2D eigenvalue weighted by atomic mass is 9.91. The number of aliphatic hydroxyl groups is 6. The van der Waals surface area contributed by atoms with Crippen molar-refractivity contribution in [2.75, 3.05) is 13.2 Å². The first-order chi connectivity index (χ1) is 65.6. The van der Waals surface area contributed by atoms with Gasteiger partial charge < -0.3 is 76.8 Å². The van der Waals surface area contributed by atoms with Gasteiger partial charge in [-0.05, 0) is 185 Å². The first-order valence-electron chi connectivity index (χ1n) is 45.3. The van der Waals surface area contributed by atoms with Crippen molar-refractivity contribution in [1.29, 1.82) is 0 Å². The molecule has 22 heterocycles. The molecule has 31 nitrogen and oxygen atoms in total. The standard InChI is InChI=1S/C18H16FN3O2.2C18H17N3O2.C17H16N4O2.C16H15N3O2.C16H14N2O3/c1-22-16-5-10(4-15(19)13(16)8-21-22)11-6-20-7-12-14(11)9-24-18(2-3-18)17(12)23;2*1-11-20-6-13-3-2-12(9-21(11)13)14-7-19-8-15-16(14)10-23-18(4-5-18)17(15)22;1-10-19-20-15-3-2-11(8-21(10)15)12-6-18-7-13-14(12)9-23-17(4-5-17)16(13)22;1-10-18-4-12-3-2-11(7-19(10)12)13-5-17-6-14-15(13)8-21-9-16(14)20;1-9-11-4-10(2-3-16(11)21-18-9)12-5-17-6-13-14(12)7-20-8-15(13)19/h4-8,17,23H,2-3,9H2,1H3;2*2-3,6-9,17,22H,4-5,10H2,1H3;2-3,6-8,16,22H,4-5,9H2,1H3;2-7,16,20H,8-9H2,1H3;2-6,15,19H,7-8H2,1H3. The number of aryl methyl sites for hydroxylation is 6. The number of aliphatic hydroxyl groups excluding tert-OH is 6. The number of halogens is 1. The number of aromatic nitrogens is 18. The molecule has 4 spiro atoms. The van der Waals surface area contributed by atoms with Gasteiger partial charge in [0.05, 0.1) is 133 Å². The topological polar surface area (TPSA) is 380 Å². The summed E-state index contributed by atoms with van der Waals surface area (Å²) in [6, 6.07) is 25.6. The van der Waals surface area contributed by atoms with Gasteiger partial charge >= 0.3 is 0 Å². The molecule has 135 heavy (non-hydrogen) atoms. The second kappa shape index (κ2) is 33.5. The predicted molar refractivity (Wildman–Crippen MR) is 492 cm³/mol. The van der Waals surface area contributed by atoms with Crippen LogP contribution in [0.5, 0.6) is 0 Å². The van der Waals surface area contributed by atoms with Crippen LogP contribution >= 0.6 is 0 Å². The van der Waals surface area contributed by atoms with Gasteiger partial charge in [0, 0.05) is 201 Å². The molecule has 4 aliphatic carbocycles. The molecule has 4 fully saturated rings. The molecule has 10 aliphatic rings. The van der Waals surface area contributed by atoms with Crippen LogP contribution in [0.4, 0.5) is 4.39 Å². The minimum atomic E-state index is -0.668. The molecule has 6 N–H and O–H groups in total. The third kappa shape index (κ3) is 15.2. The summed E-state index contributed by atoms with van der Waals surface area (Å²) >= 11 is 0. The predicted octanol–water partition coefficient (Wildman–Crippen LogP) is 15.7. The van der Waals surface area contributed by atoms with Crippen LogP contribution in [0.1, 0.15) is 184 Å². The van der Waals surface area contributed by atoms with E-state index in [0.717, 1.165) is 253 Å². The fourth-order valence-corrected chi connectivity index (χ4v) is 19.8. The van der Waals surface area contributed by atoms with Crippen LogP contribution in [0.3, 0.4) is 0 Å². The maximum absolute atomic E-state index is 14.4. The quantitative estimate of drug-likeness (QED) is 0.0900. The molecule has 6 atom stereocenters. The Morgan fingerprint density at radius 3 is 1.10 bits per heavy atom. The van der Waals surface area contributed by atoms with E-state index in [9.17, 15) is 35.0 Å². The number of hydrogen-bond acceptors (Lipinski definition) is 26. The summed E-state index contributed by atoms with van der Waals surface area (Å²) in [5, 5.41) is 80.3. The Bertz CT molecular complexity index is 7230. The van der Waals surface area contributed by atoms with Gasteiger partial charge in [0.1, 0.15) is 65.7 Å². The molecule has 6 aliphatic heterocycles. The third-order valence-electron chi connectivity index (χ3n) is 28.5. The van der Waals surface area contributed by atoms with Crippen LogP contribution < -0.4 is 0 Å². The van der Waals surface area contributed by atoms with Crippen molar-refractivity contribution in [1.82, 2.24) is 87.6 Å². The molecule has 682 valence electrons. The van der Waals surface area contributed by atoms with Crippen molar-refractivity contribution in [2.24, 2.45) is 7.05 Å². The van der Waals surface area contributed by atoms with Crippen LogP contribution in [-0.2, 0) is 75.1 Å². The Morgan fingerprint density at radius 2 is 0.704 bits per heavy atom. The summed E-state index contributed by atoms with van der Waals surface area (Å²) in [4.78, 5) is 38.9. The number of rotatable bonds is 6. The summed E-state index contributed by atoms with van der Waals surface area (Å²) in [5.41, 5.74) is 27.8. The highest BCUT2D eigenvalue weighted by Crippen LogP contribution is 2.58. The number of nitrogens with zero attached hydrogens (tertiary/aromatic N) is 18. The van der Waals surface area contributed by atoms with Gasteiger partial charge in [-0.2, -0.15) is 5.10 Å². The van der Waals surface area contributed by atoms with E-state index in [1.165, 1.54) is 12.3 Å². The highest BCUT2D eigenvalue weighted by Gasteiger charge is 2.57. The summed E-state index contributed by atoms with van der Waals surface area (Å²) < 4.78 is 64.2. The van der Waals surface area contributed by atoms with E-state index in [0.29, 0.717) is 58.2 Å². The Balaban J connectivity index is 0.0000000914. The molecule has 18 aromatic rings. The lowest BCUT2D eigenvalue weighted by Gasteiger charge is -2.31. The Labute approximate surface area is 771 Å². The second-order valence-electron chi connectivity index (χ2n) is 36.7. The zero-order valence-electron chi connectivity index (χ0n) is 74.8. The fraction of sp³-hybridized carbons (Fsp3) is 0.311. The van der Waals surface area contributed by atoms with Crippen molar-refractivity contribution < 1.29 is 68.0 Å². The zero-order chi connectivity index (χ0) is 92.1. The van der Waals surface area contributed by atoms with Crippen molar-refractivity contribution in [2.45, 2.75) is 185 Å². The molecule has 0 amide bonds. The number of imidazole rings is 3. The van der Waals surface area contributed by atoms with Crippen LogP contribution in [0, 0.1) is 40.4 Å². The van der Waals surface area contributed by atoms with Gasteiger partial charge in [0.15, 0.2) is 11.2 Å². The number of benzene rings is 2. The number of fused-ring (bicyclic) bond motifs is 12. The van der Waals surface area contributed by atoms with Crippen LogP contribution in [0.15, 0.2) is 207 Å². The Morgan fingerprint density at radius 1 is 0.348 bits per heavy atom. The highest BCUT2D eigenvalue weighted by atomic mass is 19.1. The third-order valence-corrected chi connectivity index (χ3v) is 28.5. The van der Waals surface area contributed by atoms with E-state index in [1.54, 1.807) is 55.1 Å². The van der Waals surface area contributed by atoms with Gasteiger partial charge in [0.25, 0.3) is 0 Å². The molecule has 28 rings (SSSR count). The SMILES string of the molecule is Cc1ncc2ccc(-c3cncc4c3COC3(CC3)C4O)cn12.Cc1ncc2ccc(-c3cncc4c3COC3(CC3)C4O)cn12.Cc1ncc2ccc(-c3cncc4c3COCC4O)cn12.Cc1nnc2ccc(-c3cncc4c3COC3(CC3)C4O)cn12.Cc1noc2ccc(-c3cncc4c3COCC4O)cc12.Cn1ncc2c(F)cc(-c3cncc4c3COC3(CC3)C4O)cc21. The molecular weight excluding hydrogens is 1720 g/mol. The first-order valence-corrected chi connectivity index (χ1v) is 45.3. The van der Waals surface area contributed by atoms with E-state index in [2.05, 4.69) is 127 Å². The summed E-state index contributed by atoms with van der Waals surface area (Å²) in [7, 11) is 1.79. The molecule has 4 saturated carbocycles. The smallest absolute Gasteiger partial charge is 0.167 e. The largest absolute Gasteiger partial charge is 0.386 e. The van der Waals surface area contributed by atoms with Crippen molar-refractivity contribution >= 4 is 44.1 Å². The minimum Gasteiger partial charge on any atom is -0.386 e. The van der Waals surface area contributed by atoms with Crippen molar-refractivity contribution in [3.05, 3.63) is 304 Å².